The number of carboxylic acid groups (broad SMARTS) is 1. The second-order valence-corrected chi connectivity index (χ2v) is 8.11. The summed E-state index contributed by atoms with van der Waals surface area (Å²) in [5, 5.41) is 12.0. The molecule has 8 heteroatoms. The van der Waals surface area contributed by atoms with Crippen molar-refractivity contribution in [2.75, 3.05) is 24.7 Å². The highest BCUT2D eigenvalue weighted by atomic mass is 35.5. The van der Waals surface area contributed by atoms with Crippen molar-refractivity contribution in [2.45, 2.75) is 26.2 Å². The van der Waals surface area contributed by atoms with Crippen LogP contribution < -0.4 is 10.1 Å². The summed E-state index contributed by atoms with van der Waals surface area (Å²) in [7, 11) is 3.08. The fraction of sp³-hybridized carbons (Fsp3) is 0.500. The number of hydrogen-bond acceptors (Lipinski definition) is 5. The highest BCUT2D eigenvalue weighted by Crippen LogP contribution is 2.21. The molecule has 0 spiro atoms. The molecule has 0 heterocycles. The highest BCUT2D eigenvalue weighted by Gasteiger charge is 2.03. The number of aliphatic carboxylic acids is 1. The number of benzene rings is 1. The van der Waals surface area contributed by atoms with E-state index in [4.69, 9.17) is 21.4 Å². The largest absolute Gasteiger partial charge is 0.494 e. The van der Waals surface area contributed by atoms with E-state index in [1.54, 1.807) is 16.9 Å². The third kappa shape index (κ3) is 9.95. The van der Waals surface area contributed by atoms with E-state index in [-0.39, 0.29) is 12.3 Å². The molecular weight excluding hydrogens is 370 g/mol. The van der Waals surface area contributed by atoms with E-state index in [1.807, 2.05) is 19.1 Å². The van der Waals surface area contributed by atoms with Crippen LogP contribution in [0.3, 0.4) is 0 Å². The molecule has 0 radical (unpaired) electrons. The summed E-state index contributed by atoms with van der Waals surface area (Å²) in [6.07, 6.45) is 1.23. The summed E-state index contributed by atoms with van der Waals surface area (Å²) in [6, 6.07) is 5.49. The summed E-state index contributed by atoms with van der Waals surface area (Å²) < 4.78 is 5.59. The Morgan fingerprint density at radius 1 is 1.25 bits per heavy atom. The molecule has 0 aliphatic rings. The van der Waals surface area contributed by atoms with Gasteiger partial charge in [-0.3, -0.25) is 9.59 Å². The lowest BCUT2D eigenvalue weighted by atomic mass is 10.2. The van der Waals surface area contributed by atoms with Gasteiger partial charge < -0.3 is 15.2 Å². The van der Waals surface area contributed by atoms with Crippen molar-refractivity contribution < 1.29 is 19.4 Å². The van der Waals surface area contributed by atoms with Crippen LogP contribution >= 0.6 is 33.2 Å². The number of ether oxygens (including phenoxy) is 1. The number of hydrogen-bond donors (Lipinski definition) is 2. The molecule has 2 N–H and O–H groups in total. The van der Waals surface area contributed by atoms with Gasteiger partial charge in [-0.25, -0.2) is 0 Å². The van der Waals surface area contributed by atoms with Crippen LogP contribution in [-0.4, -0.2) is 41.6 Å². The Morgan fingerprint density at radius 2 is 2.00 bits per heavy atom. The average molecular weight is 392 g/mol. The van der Waals surface area contributed by atoms with Crippen molar-refractivity contribution in [1.82, 2.24) is 5.32 Å². The van der Waals surface area contributed by atoms with E-state index in [9.17, 15) is 9.59 Å². The fourth-order valence-electron chi connectivity index (χ4n) is 1.70. The third-order valence-corrected chi connectivity index (χ3v) is 5.77. The summed E-state index contributed by atoms with van der Waals surface area (Å²) in [4.78, 5) is 22.0. The molecule has 24 heavy (non-hydrogen) atoms. The maximum Gasteiger partial charge on any atom is 0.304 e. The second-order valence-electron chi connectivity index (χ2n) is 5.00. The Hall–Kier alpha value is -1.05. The lowest BCUT2D eigenvalue weighted by Crippen LogP contribution is -2.25. The van der Waals surface area contributed by atoms with Gasteiger partial charge in [0.2, 0.25) is 5.91 Å². The second kappa shape index (κ2) is 12.3. The van der Waals surface area contributed by atoms with Crippen LogP contribution in [0.4, 0.5) is 0 Å². The quantitative estimate of drug-likeness (QED) is 0.417. The Balaban J connectivity index is 2.00. The summed E-state index contributed by atoms with van der Waals surface area (Å²) in [6.45, 7) is 2.98. The third-order valence-electron chi connectivity index (χ3n) is 2.94. The SMILES string of the molecule is Cc1cc(OCCCC(=O)NCCSSCCC(=O)O)ccc1Cl. The van der Waals surface area contributed by atoms with E-state index in [0.29, 0.717) is 36.8 Å². The van der Waals surface area contributed by atoms with E-state index in [1.165, 1.54) is 10.8 Å². The van der Waals surface area contributed by atoms with Gasteiger partial charge in [0.15, 0.2) is 0 Å². The summed E-state index contributed by atoms with van der Waals surface area (Å²) in [5.74, 6) is 1.31. The van der Waals surface area contributed by atoms with Crippen molar-refractivity contribution in [1.29, 1.82) is 0 Å². The average Bonchev–Trinajstić information content (AvgIpc) is 2.53. The molecule has 1 aromatic rings. The number of halogens is 1. The minimum atomic E-state index is -0.785. The number of carbonyl (C=O) groups is 2. The van der Waals surface area contributed by atoms with Crippen molar-refractivity contribution >= 4 is 45.1 Å². The zero-order chi connectivity index (χ0) is 17.8. The molecule has 1 amide bonds. The minimum absolute atomic E-state index is 0.00187. The van der Waals surface area contributed by atoms with Crippen LogP contribution in [0.25, 0.3) is 0 Å². The van der Waals surface area contributed by atoms with Crippen molar-refractivity contribution in [3.63, 3.8) is 0 Å². The van der Waals surface area contributed by atoms with Crippen LogP contribution in [0.2, 0.25) is 5.02 Å². The Morgan fingerprint density at radius 3 is 2.71 bits per heavy atom. The zero-order valence-electron chi connectivity index (χ0n) is 13.5. The van der Waals surface area contributed by atoms with Crippen molar-refractivity contribution in [2.24, 2.45) is 0 Å². The Kier molecular flexibility index (Phi) is 10.8. The molecule has 0 saturated heterocycles. The van der Waals surface area contributed by atoms with Gasteiger partial charge in [0, 0.05) is 29.5 Å². The van der Waals surface area contributed by atoms with Gasteiger partial charge >= 0.3 is 5.97 Å². The molecule has 1 rings (SSSR count). The van der Waals surface area contributed by atoms with Gasteiger partial charge in [0.1, 0.15) is 5.75 Å². The van der Waals surface area contributed by atoms with E-state index >= 15 is 0 Å². The number of carbonyl (C=O) groups excluding carboxylic acids is 1. The number of aryl methyl sites for hydroxylation is 1. The topological polar surface area (TPSA) is 75.6 Å². The van der Waals surface area contributed by atoms with Gasteiger partial charge in [0.25, 0.3) is 0 Å². The number of carboxylic acids is 1. The Bertz CT molecular complexity index is 543. The van der Waals surface area contributed by atoms with Crippen molar-refractivity contribution in [3.8, 4) is 5.75 Å². The molecule has 0 aliphatic heterocycles. The molecule has 0 bridgehead atoms. The number of rotatable bonds is 12. The molecule has 0 aromatic heterocycles. The number of nitrogens with one attached hydrogen (secondary N) is 1. The molecule has 0 saturated carbocycles. The molecular formula is C16H22ClNO4S2. The maximum atomic E-state index is 11.7. The van der Waals surface area contributed by atoms with Crippen LogP contribution in [0.1, 0.15) is 24.8 Å². The van der Waals surface area contributed by atoms with Crippen LogP contribution in [-0.2, 0) is 9.59 Å². The predicted molar refractivity (Wildman–Crippen MR) is 101 cm³/mol. The van der Waals surface area contributed by atoms with Gasteiger partial charge in [0.05, 0.1) is 13.0 Å². The molecule has 0 fully saturated rings. The maximum absolute atomic E-state index is 11.7. The summed E-state index contributed by atoms with van der Waals surface area (Å²) in [5.41, 5.74) is 0.964. The molecule has 0 unspecified atom stereocenters. The first-order valence-corrected chi connectivity index (χ1v) is 10.5. The molecule has 5 nitrogen and oxygen atoms in total. The van der Waals surface area contributed by atoms with E-state index in [0.717, 1.165) is 17.1 Å². The monoisotopic (exact) mass is 391 g/mol. The van der Waals surface area contributed by atoms with Crippen LogP contribution in [0, 0.1) is 6.92 Å². The minimum Gasteiger partial charge on any atom is -0.494 e. The standard InChI is InChI=1S/C16H22ClNO4S2/c1-12-11-13(4-5-14(12)17)22-8-2-3-15(19)18-7-10-24-23-9-6-16(20)21/h4-5,11H,2-3,6-10H2,1H3,(H,18,19)(H,20,21). The van der Waals surface area contributed by atoms with Crippen LogP contribution in [0.15, 0.2) is 18.2 Å². The van der Waals surface area contributed by atoms with Gasteiger partial charge in [-0.05, 0) is 37.1 Å². The lowest BCUT2D eigenvalue weighted by molar-refractivity contribution is -0.136. The first-order chi connectivity index (χ1) is 11.5. The van der Waals surface area contributed by atoms with E-state index < -0.39 is 5.97 Å². The molecule has 134 valence electrons. The lowest BCUT2D eigenvalue weighted by Gasteiger charge is -2.08. The fourth-order valence-corrected chi connectivity index (χ4v) is 3.70. The van der Waals surface area contributed by atoms with Gasteiger partial charge in [-0.15, -0.1) is 0 Å². The van der Waals surface area contributed by atoms with Gasteiger partial charge in [-0.2, -0.15) is 0 Å². The predicted octanol–water partition coefficient (Wildman–Crippen LogP) is 3.78. The smallest absolute Gasteiger partial charge is 0.304 e. The van der Waals surface area contributed by atoms with Gasteiger partial charge in [-0.1, -0.05) is 33.2 Å². The summed E-state index contributed by atoms with van der Waals surface area (Å²) >= 11 is 5.95. The zero-order valence-corrected chi connectivity index (χ0v) is 15.9. The normalized spacial score (nSPS) is 10.4. The molecule has 0 aliphatic carbocycles. The first-order valence-electron chi connectivity index (χ1n) is 7.61. The molecule has 0 atom stereocenters. The first kappa shape index (κ1) is 21.0. The number of amides is 1. The highest BCUT2D eigenvalue weighted by molar-refractivity contribution is 8.76. The van der Waals surface area contributed by atoms with E-state index in [2.05, 4.69) is 5.32 Å². The Labute approximate surface area is 155 Å². The molecule has 1 aromatic carbocycles. The van der Waals surface area contributed by atoms with Crippen molar-refractivity contribution in [3.05, 3.63) is 28.8 Å². The van der Waals surface area contributed by atoms with Crippen LogP contribution in [0.5, 0.6) is 5.75 Å².